The van der Waals surface area contributed by atoms with Gasteiger partial charge in [0, 0.05) is 31.0 Å². The SMILES string of the molecule is Cc1cccc(-c2noc(CN3CC(n4cccn4)C3)n2)c1. The third kappa shape index (κ3) is 2.53. The Labute approximate surface area is 128 Å². The summed E-state index contributed by atoms with van der Waals surface area (Å²) in [7, 11) is 0. The van der Waals surface area contributed by atoms with E-state index in [-0.39, 0.29) is 0 Å². The minimum absolute atomic E-state index is 0.453. The maximum Gasteiger partial charge on any atom is 0.241 e. The molecule has 22 heavy (non-hydrogen) atoms. The lowest BCUT2D eigenvalue weighted by Crippen LogP contribution is -2.47. The van der Waals surface area contributed by atoms with Crippen LogP contribution in [0.5, 0.6) is 0 Å². The van der Waals surface area contributed by atoms with Gasteiger partial charge in [0.2, 0.25) is 11.7 Å². The molecule has 2 aromatic heterocycles. The number of hydrogen-bond acceptors (Lipinski definition) is 5. The molecule has 1 saturated heterocycles. The molecule has 3 aromatic rings. The largest absolute Gasteiger partial charge is 0.338 e. The zero-order valence-corrected chi connectivity index (χ0v) is 12.4. The second-order valence-corrected chi connectivity index (χ2v) is 5.72. The molecular formula is C16H17N5O. The molecule has 0 atom stereocenters. The minimum Gasteiger partial charge on any atom is -0.338 e. The molecule has 0 amide bonds. The standard InChI is InChI=1S/C16H17N5O/c1-12-4-2-5-13(8-12)16-18-15(22-19-16)11-20-9-14(10-20)21-7-3-6-17-21/h2-8,14H,9-11H2,1H3. The van der Waals surface area contributed by atoms with E-state index < -0.39 is 0 Å². The predicted octanol–water partition coefficient (Wildman–Crippen LogP) is 2.30. The lowest BCUT2D eigenvalue weighted by molar-refractivity contribution is 0.0791. The van der Waals surface area contributed by atoms with Crippen molar-refractivity contribution in [2.45, 2.75) is 19.5 Å². The lowest BCUT2D eigenvalue weighted by Gasteiger charge is -2.38. The van der Waals surface area contributed by atoms with E-state index in [2.05, 4.69) is 39.2 Å². The van der Waals surface area contributed by atoms with Crippen LogP contribution in [0.3, 0.4) is 0 Å². The van der Waals surface area contributed by atoms with Crippen LogP contribution in [0.15, 0.2) is 47.2 Å². The summed E-state index contributed by atoms with van der Waals surface area (Å²) in [5.41, 5.74) is 2.18. The van der Waals surface area contributed by atoms with Gasteiger partial charge in [-0.2, -0.15) is 10.1 Å². The van der Waals surface area contributed by atoms with Gasteiger partial charge < -0.3 is 4.52 Å². The second-order valence-electron chi connectivity index (χ2n) is 5.72. The van der Waals surface area contributed by atoms with Crippen LogP contribution >= 0.6 is 0 Å². The van der Waals surface area contributed by atoms with E-state index in [1.165, 1.54) is 5.56 Å². The number of hydrogen-bond donors (Lipinski definition) is 0. The molecule has 1 aliphatic rings. The summed E-state index contributed by atoms with van der Waals surface area (Å²) >= 11 is 0. The van der Waals surface area contributed by atoms with E-state index >= 15 is 0 Å². The Morgan fingerprint density at radius 2 is 2.18 bits per heavy atom. The summed E-state index contributed by atoms with van der Waals surface area (Å²) < 4.78 is 7.37. The van der Waals surface area contributed by atoms with Crippen molar-refractivity contribution in [1.82, 2.24) is 24.8 Å². The van der Waals surface area contributed by atoms with Gasteiger partial charge in [-0.1, -0.05) is 28.9 Å². The van der Waals surface area contributed by atoms with Crippen LogP contribution in [-0.2, 0) is 6.54 Å². The molecule has 0 radical (unpaired) electrons. The Balaban J connectivity index is 1.39. The van der Waals surface area contributed by atoms with Crippen LogP contribution in [0, 0.1) is 6.92 Å². The van der Waals surface area contributed by atoms with Crippen molar-refractivity contribution in [2.24, 2.45) is 0 Å². The monoisotopic (exact) mass is 295 g/mol. The molecular weight excluding hydrogens is 278 g/mol. The fourth-order valence-corrected chi connectivity index (χ4v) is 2.75. The molecule has 0 spiro atoms. The summed E-state index contributed by atoms with van der Waals surface area (Å²) in [6.07, 6.45) is 3.82. The van der Waals surface area contributed by atoms with Crippen molar-refractivity contribution in [3.05, 3.63) is 54.2 Å². The number of likely N-dealkylation sites (tertiary alicyclic amines) is 1. The van der Waals surface area contributed by atoms with Gasteiger partial charge in [-0.25, -0.2) is 0 Å². The Hall–Kier alpha value is -2.47. The maximum absolute atomic E-state index is 5.37. The molecule has 1 fully saturated rings. The summed E-state index contributed by atoms with van der Waals surface area (Å²) in [4.78, 5) is 6.77. The van der Waals surface area contributed by atoms with E-state index in [0.717, 1.165) is 18.7 Å². The van der Waals surface area contributed by atoms with Crippen molar-refractivity contribution >= 4 is 0 Å². The van der Waals surface area contributed by atoms with E-state index in [4.69, 9.17) is 4.52 Å². The highest BCUT2D eigenvalue weighted by molar-refractivity contribution is 5.55. The van der Waals surface area contributed by atoms with E-state index in [0.29, 0.717) is 24.3 Å². The number of rotatable bonds is 4. The summed E-state index contributed by atoms with van der Waals surface area (Å²) in [5.74, 6) is 1.32. The summed E-state index contributed by atoms with van der Waals surface area (Å²) in [6.45, 7) is 4.67. The first-order valence-corrected chi connectivity index (χ1v) is 7.39. The smallest absolute Gasteiger partial charge is 0.241 e. The molecule has 0 saturated carbocycles. The molecule has 0 aliphatic carbocycles. The van der Waals surface area contributed by atoms with Crippen molar-refractivity contribution in [3.8, 4) is 11.4 Å². The average molecular weight is 295 g/mol. The van der Waals surface area contributed by atoms with E-state index in [1.54, 1.807) is 0 Å². The number of benzene rings is 1. The third-order valence-electron chi connectivity index (χ3n) is 3.94. The van der Waals surface area contributed by atoms with Crippen molar-refractivity contribution in [3.63, 3.8) is 0 Å². The van der Waals surface area contributed by atoms with Crippen LogP contribution in [-0.4, -0.2) is 37.9 Å². The highest BCUT2D eigenvalue weighted by Crippen LogP contribution is 2.23. The maximum atomic E-state index is 5.37. The number of nitrogens with zero attached hydrogens (tertiary/aromatic N) is 5. The first kappa shape index (κ1) is 13.2. The minimum atomic E-state index is 0.453. The van der Waals surface area contributed by atoms with Gasteiger partial charge in [-0.05, 0) is 19.1 Å². The molecule has 1 aromatic carbocycles. The van der Waals surface area contributed by atoms with Gasteiger partial charge in [0.15, 0.2) is 0 Å². The van der Waals surface area contributed by atoms with Gasteiger partial charge in [0.25, 0.3) is 0 Å². The molecule has 0 bridgehead atoms. The van der Waals surface area contributed by atoms with E-state index in [1.807, 2.05) is 35.3 Å². The first-order chi connectivity index (χ1) is 10.8. The molecule has 112 valence electrons. The molecule has 4 rings (SSSR count). The van der Waals surface area contributed by atoms with Crippen LogP contribution in [0.2, 0.25) is 0 Å². The molecule has 0 unspecified atom stereocenters. The van der Waals surface area contributed by atoms with Gasteiger partial charge in [-0.15, -0.1) is 0 Å². The zero-order chi connectivity index (χ0) is 14.9. The third-order valence-corrected chi connectivity index (χ3v) is 3.94. The van der Waals surface area contributed by atoms with Crippen LogP contribution in [0.25, 0.3) is 11.4 Å². The lowest BCUT2D eigenvalue weighted by atomic mass is 10.1. The molecule has 3 heterocycles. The molecule has 1 aliphatic heterocycles. The Kier molecular flexibility index (Phi) is 3.23. The highest BCUT2D eigenvalue weighted by Gasteiger charge is 2.29. The Morgan fingerprint density at radius 3 is 2.95 bits per heavy atom. The Bertz CT molecular complexity index is 758. The fraction of sp³-hybridized carbons (Fsp3) is 0.312. The quantitative estimate of drug-likeness (QED) is 0.739. The number of aromatic nitrogens is 4. The molecule has 6 nitrogen and oxygen atoms in total. The highest BCUT2D eigenvalue weighted by atomic mass is 16.5. The second kappa shape index (κ2) is 5.38. The fourth-order valence-electron chi connectivity index (χ4n) is 2.75. The first-order valence-electron chi connectivity index (χ1n) is 7.39. The van der Waals surface area contributed by atoms with Crippen molar-refractivity contribution in [2.75, 3.05) is 13.1 Å². The van der Waals surface area contributed by atoms with Gasteiger partial charge in [0.05, 0.1) is 12.6 Å². The van der Waals surface area contributed by atoms with Gasteiger partial charge >= 0.3 is 0 Å². The molecule has 0 N–H and O–H groups in total. The van der Waals surface area contributed by atoms with Crippen LogP contribution in [0.1, 0.15) is 17.5 Å². The van der Waals surface area contributed by atoms with Crippen molar-refractivity contribution < 1.29 is 4.52 Å². The summed E-state index contributed by atoms with van der Waals surface area (Å²) in [5, 5.41) is 8.35. The average Bonchev–Trinajstić information content (AvgIpc) is 3.14. The number of aryl methyl sites for hydroxylation is 1. The topological polar surface area (TPSA) is 60.0 Å². The van der Waals surface area contributed by atoms with Crippen LogP contribution < -0.4 is 0 Å². The predicted molar refractivity (Wildman–Crippen MR) is 81.0 cm³/mol. The summed E-state index contributed by atoms with van der Waals surface area (Å²) in [6, 6.07) is 10.5. The zero-order valence-electron chi connectivity index (χ0n) is 12.4. The van der Waals surface area contributed by atoms with Gasteiger partial charge in [-0.3, -0.25) is 9.58 Å². The van der Waals surface area contributed by atoms with E-state index in [9.17, 15) is 0 Å². The van der Waals surface area contributed by atoms with Crippen LogP contribution in [0.4, 0.5) is 0 Å². The molecule has 6 heteroatoms. The van der Waals surface area contributed by atoms with Crippen molar-refractivity contribution in [1.29, 1.82) is 0 Å². The normalized spacial score (nSPS) is 15.9. The van der Waals surface area contributed by atoms with Gasteiger partial charge in [0.1, 0.15) is 0 Å². The Morgan fingerprint density at radius 1 is 1.27 bits per heavy atom.